The lowest BCUT2D eigenvalue weighted by atomic mass is 10.1. The van der Waals surface area contributed by atoms with Crippen molar-refractivity contribution in [3.05, 3.63) is 59.9 Å². The van der Waals surface area contributed by atoms with E-state index in [1.54, 1.807) is 23.2 Å². The number of ether oxygens (including phenoxy) is 1. The average Bonchev–Trinajstić information content (AvgIpc) is 3.05. The molecule has 1 aliphatic heterocycles. The van der Waals surface area contributed by atoms with Crippen LogP contribution in [-0.4, -0.2) is 40.0 Å². The van der Waals surface area contributed by atoms with E-state index in [9.17, 15) is 4.79 Å². The highest BCUT2D eigenvalue weighted by molar-refractivity contribution is 5.98. The number of nitriles is 1. The Balaban J connectivity index is 1.39. The average molecular weight is 318 g/mol. The van der Waals surface area contributed by atoms with E-state index < -0.39 is 0 Å². The fourth-order valence-corrected chi connectivity index (χ4v) is 2.76. The van der Waals surface area contributed by atoms with Gasteiger partial charge in [-0.3, -0.25) is 4.79 Å². The van der Waals surface area contributed by atoms with Crippen molar-refractivity contribution >= 4 is 16.8 Å². The van der Waals surface area contributed by atoms with Gasteiger partial charge in [0.2, 0.25) is 5.88 Å². The molecule has 24 heavy (non-hydrogen) atoms. The summed E-state index contributed by atoms with van der Waals surface area (Å²) in [4.78, 5) is 21.4. The van der Waals surface area contributed by atoms with Gasteiger partial charge in [-0.25, -0.2) is 4.98 Å². The molecule has 1 amide bonds. The standard InChI is InChI=1S/C18H14N4O2/c19-9-12-3-5-21-17(7-12)24-15-10-22(11-15)18(23)14-2-1-13-4-6-20-16(13)8-14/h1-8,15,20H,10-11H2. The molecule has 0 radical (unpaired) electrons. The second-order valence-electron chi connectivity index (χ2n) is 5.72. The Hall–Kier alpha value is -3.33. The Kier molecular flexibility index (Phi) is 3.39. The van der Waals surface area contributed by atoms with Gasteiger partial charge in [-0.1, -0.05) is 6.07 Å². The minimum Gasteiger partial charge on any atom is -0.471 e. The van der Waals surface area contributed by atoms with Crippen LogP contribution in [-0.2, 0) is 0 Å². The molecule has 1 fully saturated rings. The van der Waals surface area contributed by atoms with E-state index in [4.69, 9.17) is 10.00 Å². The maximum atomic E-state index is 12.5. The minimum absolute atomic E-state index is 0.00918. The van der Waals surface area contributed by atoms with Crippen molar-refractivity contribution in [3.8, 4) is 11.9 Å². The van der Waals surface area contributed by atoms with E-state index in [0.717, 1.165) is 10.9 Å². The number of aromatic nitrogens is 2. The number of benzene rings is 1. The van der Waals surface area contributed by atoms with E-state index in [2.05, 4.69) is 9.97 Å². The number of amides is 1. The topological polar surface area (TPSA) is 82.0 Å². The quantitative estimate of drug-likeness (QED) is 0.803. The first-order valence-corrected chi connectivity index (χ1v) is 7.62. The van der Waals surface area contributed by atoms with Crippen LogP contribution < -0.4 is 4.74 Å². The number of likely N-dealkylation sites (tertiary alicyclic amines) is 1. The van der Waals surface area contributed by atoms with Gasteiger partial charge in [-0.05, 0) is 29.7 Å². The number of nitrogens with one attached hydrogen (secondary N) is 1. The Labute approximate surface area is 138 Å². The van der Waals surface area contributed by atoms with Gasteiger partial charge in [0.25, 0.3) is 5.91 Å². The van der Waals surface area contributed by atoms with Crippen LogP contribution in [0.4, 0.5) is 0 Å². The zero-order valence-corrected chi connectivity index (χ0v) is 12.8. The van der Waals surface area contributed by atoms with E-state index >= 15 is 0 Å². The van der Waals surface area contributed by atoms with Crippen molar-refractivity contribution in [1.82, 2.24) is 14.9 Å². The van der Waals surface area contributed by atoms with Gasteiger partial charge in [0.15, 0.2) is 0 Å². The Morgan fingerprint density at radius 3 is 3.00 bits per heavy atom. The van der Waals surface area contributed by atoms with Crippen LogP contribution in [0.1, 0.15) is 15.9 Å². The predicted octanol–water partition coefficient (Wildman–Crippen LogP) is 2.34. The third-order valence-corrected chi connectivity index (χ3v) is 4.09. The Morgan fingerprint density at radius 1 is 1.29 bits per heavy atom. The molecule has 0 aliphatic carbocycles. The Bertz CT molecular complexity index is 951. The smallest absolute Gasteiger partial charge is 0.254 e. The van der Waals surface area contributed by atoms with Gasteiger partial charge < -0.3 is 14.6 Å². The molecular formula is C18H14N4O2. The number of pyridine rings is 1. The minimum atomic E-state index is -0.0930. The molecule has 3 heterocycles. The fourth-order valence-electron chi connectivity index (χ4n) is 2.76. The summed E-state index contributed by atoms with van der Waals surface area (Å²) in [7, 11) is 0. The SMILES string of the molecule is N#Cc1ccnc(OC2CN(C(=O)c3ccc4cc[nH]c4c3)C2)c1. The van der Waals surface area contributed by atoms with Gasteiger partial charge in [-0.15, -0.1) is 0 Å². The van der Waals surface area contributed by atoms with Crippen LogP contribution in [0.3, 0.4) is 0 Å². The first-order chi connectivity index (χ1) is 11.7. The van der Waals surface area contributed by atoms with Gasteiger partial charge in [-0.2, -0.15) is 5.26 Å². The summed E-state index contributed by atoms with van der Waals surface area (Å²) in [6, 6.07) is 12.9. The summed E-state index contributed by atoms with van der Waals surface area (Å²) in [6.07, 6.45) is 3.31. The molecule has 1 N–H and O–H groups in total. The zero-order valence-electron chi connectivity index (χ0n) is 12.8. The van der Waals surface area contributed by atoms with Crippen LogP contribution in [0, 0.1) is 11.3 Å². The summed E-state index contributed by atoms with van der Waals surface area (Å²) in [5.74, 6) is 0.407. The molecule has 0 spiro atoms. The fraction of sp³-hybridized carbons (Fsp3) is 0.167. The van der Waals surface area contributed by atoms with Crippen molar-refractivity contribution in [3.63, 3.8) is 0 Å². The van der Waals surface area contributed by atoms with Gasteiger partial charge in [0.05, 0.1) is 24.7 Å². The van der Waals surface area contributed by atoms with Gasteiger partial charge in [0.1, 0.15) is 6.10 Å². The molecule has 3 aromatic rings. The summed E-state index contributed by atoms with van der Waals surface area (Å²) < 4.78 is 5.70. The summed E-state index contributed by atoms with van der Waals surface area (Å²) in [5.41, 5.74) is 2.12. The number of rotatable bonds is 3. The number of carbonyl (C=O) groups is 1. The van der Waals surface area contributed by atoms with Crippen molar-refractivity contribution in [2.75, 3.05) is 13.1 Å². The summed E-state index contributed by atoms with van der Waals surface area (Å²) in [5, 5.41) is 9.96. The van der Waals surface area contributed by atoms with Crippen LogP contribution in [0.2, 0.25) is 0 Å². The number of nitrogens with zero attached hydrogens (tertiary/aromatic N) is 3. The number of fused-ring (bicyclic) bond motifs is 1. The number of hydrogen-bond donors (Lipinski definition) is 1. The molecule has 4 rings (SSSR count). The van der Waals surface area contributed by atoms with Crippen molar-refractivity contribution in [2.45, 2.75) is 6.10 Å². The highest BCUT2D eigenvalue weighted by Gasteiger charge is 2.33. The molecule has 2 aromatic heterocycles. The highest BCUT2D eigenvalue weighted by Crippen LogP contribution is 2.21. The van der Waals surface area contributed by atoms with Gasteiger partial charge in [0, 0.05) is 29.5 Å². The third-order valence-electron chi connectivity index (χ3n) is 4.09. The molecule has 6 nitrogen and oxygen atoms in total. The summed E-state index contributed by atoms with van der Waals surface area (Å²) in [6.45, 7) is 1.03. The molecule has 118 valence electrons. The molecule has 0 unspecified atom stereocenters. The number of aromatic amines is 1. The lowest BCUT2D eigenvalue weighted by Gasteiger charge is -2.38. The maximum absolute atomic E-state index is 12.5. The molecule has 1 saturated heterocycles. The monoisotopic (exact) mass is 318 g/mol. The van der Waals surface area contributed by atoms with Crippen molar-refractivity contribution < 1.29 is 9.53 Å². The predicted molar refractivity (Wildman–Crippen MR) is 87.6 cm³/mol. The Morgan fingerprint density at radius 2 is 2.17 bits per heavy atom. The number of H-pyrrole nitrogens is 1. The lowest BCUT2D eigenvalue weighted by molar-refractivity contribution is 0.0160. The molecule has 6 heteroatoms. The molecule has 0 atom stereocenters. The number of hydrogen-bond acceptors (Lipinski definition) is 4. The van der Waals surface area contributed by atoms with E-state index in [1.165, 1.54) is 0 Å². The molecule has 0 saturated carbocycles. The third kappa shape index (κ3) is 2.57. The second-order valence-corrected chi connectivity index (χ2v) is 5.72. The van der Waals surface area contributed by atoms with Crippen LogP contribution in [0.15, 0.2) is 48.8 Å². The second kappa shape index (κ2) is 5.70. The molecular weight excluding hydrogens is 304 g/mol. The number of carbonyl (C=O) groups excluding carboxylic acids is 1. The van der Waals surface area contributed by atoms with Crippen molar-refractivity contribution in [1.29, 1.82) is 5.26 Å². The van der Waals surface area contributed by atoms with E-state index in [-0.39, 0.29) is 12.0 Å². The van der Waals surface area contributed by atoms with Gasteiger partial charge >= 0.3 is 0 Å². The maximum Gasteiger partial charge on any atom is 0.254 e. The van der Waals surface area contributed by atoms with Crippen LogP contribution in [0.25, 0.3) is 10.9 Å². The molecule has 0 bridgehead atoms. The lowest BCUT2D eigenvalue weighted by Crippen LogP contribution is -2.56. The molecule has 1 aromatic carbocycles. The van der Waals surface area contributed by atoms with Crippen LogP contribution >= 0.6 is 0 Å². The first kappa shape index (κ1) is 14.3. The normalized spacial score (nSPS) is 14.2. The van der Waals surface area contributed by atoms with Crippen molar-refractivity contribution in [2.24, 2.45) is 0 Å². The molecule has 1 aliphatic rings. The van der Waals surface area contributed by atoms with E-state index in [1.807, 2.05) is 36.5 Å². The highest BCUT2D eigenvalue weighted by atomic mass is 16.5. The first-order valence-electron chi connectivity index (χ1n) is 7.62. The van der Waals surface area contributed by atoms with E-state index in [0.29, 0.717) is 30.1 Å². The summed E-state index contributed by atoms with van der Waals surface area (Å²) >= 11 is 0. The zero-order chi connectivity index (χ0) is 16.5. The largest absolute Gasteiger partial charge is 0.471 e. The van der Waals surface area contributed by atoms with Crippen LogP contribution in [0.5, 0.6) is 5.88 Å².